The Morgan fingerprint density at radius 2 is 1.56 bits per heavy atom. The maximum atomic E-state index is 12.6. The van der Waals surface area contributed by atoms with E-state index >= 15 is 0 Å². The van der Waals surface area contributed by atoms with E-state index in [0.717, 1.165) is 25.7 Å². The molecule has 2 atom stereocenters. The highest BCUT2D eigenvalue weighted by Gasteiger charge is 2.47. The number of hydrogen-bond acceptors (Lipinski definition) is 6. The van der Waals surface area contributed by atoms with Gasteiger partial charge in [-0.05, 0) is 18.9 Å². The molecule has 1 aliphatic carbocycles. The van der Waals surface area contributed by atoms with Gasteiger partial charge in [0.25, 0.3) is 0 Å². The molecule has 8 nitrogen and oxygen atoms in total. The lowest BCUT2D eigenvalue weighted by Gasteiger charge is -2.34. The molecule has 27 heavy (non-hydrogen) atoms. The Labute approximate surface area is 158 Å². The van der Waals surface area contributed by atoms with Gasteiger partial charge in [0.15, 0.2) is 0 Å². The number of anilines is 1. The van der Waals surface area contributed by atoms with E-state index in [9.17, 15) is 14.4 Å². The third kappa shape index (κ3) is 3.52. The van der Waals surface area contributed by atoms with Crippen molar-refractivity contribution in [1.82, 2.24) is 19.8 Å². The SMILES string of the molecule is O=C(CCN1C(=O)C2CCCCC2C1=O)N1CCN(c2ncccn2)CC1. The van der Waals surface area contributed by atoms with Gasteiger partial charge in [-0.1, -0.05) is 12.8 Å². The summed E-state index contributed by atoms with van der Waals surface area (Å²) in [7, 11) is 0. The first-order chi connectivity index (χ1) is 13.1. The van der Waals surface area contributed by atoms with E-state index in [4.69, 9.17) is 0 Å². The largest absolute Gasteiger partial charge is 0.339 e. The highest BCUT2D eigenvalue weighted by molar-refractivity contribution is 6.05. The topological polar surface area (TPSA) is 86.7 Å². The standard InChI is InChI=1S/C19H25N5O3/c25-16(22-10-12-23(13-11-22)19-20-7-3-8-21-19)6-9-24-17(26)14-4-1-2-5-15(14)18(24)27/h3,7-8,14-15H,1-2,4-6,9-13H2. The Hall–Kier alpha value is -2.51. The Kier molecular flexibility index (Phi) is 5.05. The minimum atomic E-state index is -0.143. The van der Waals surface area contributed by atoms with Gasteiger partial charge in [0.05, 0.1) is 11.8 Å². The minimum absolute atomic E-state index is 0.000831. The molecule has 0 spiro atoms. The van der Waals surface area contributed by atoms with Gasteiger partial charge in [0.2, 0.25) is 23.7 Å². The van der Waals surface area contributed by atoms with Crippen LogP contribution in [0.25, 0.3) is 0 Å². The molecule has 2 saturated heterocycles. The van der Waals surface area contributed by atoms with Crippen molar-refractivity contribution in [3.8, 4) is 0 Å². The predicted molar refractivity (Wildman–Crippen MR) is 97.6 cm³/mol. The van der Waals surface area contributed by atoms with Gasteiger partial charge in [-0.2, -0.15) is 0 Å². The maximum absolute atomic E-state index is 12.6. The Balaban J connectivity index is 1.28. The molecule has 3 aliphatic rings. The summed E-state index contributed by atoms with van der Waals surface area (Å²) in [6, 6.07) is 1.78. The van der Waals surface area contributed by atoms with Gasteiger partial charge < -0.3 is 9.80 Å². The van der Waals surface area contributed by atoms with Gasteiger partial charge in [-0.3, -0.25) is 19.3 Å². The van der Waals surface area contributed by atoms with E-state index in [2.05, 4.69) is 14.9 Å². The van der Waals surface area contributed by atoms with Crippen molar-refractivity contribution in [1.29, 1.82) is 0 Å². The minimum Gasteiger partial charge on any atom is -0.339 e. The number of imide groups is 1. The number of aromatic nitrogens is 2. The molecule has 1 aromatic heterocycles. The summed E-state index contributed by atoms with van der Waals surface area (Å²) in [5.41, 5.74) is 0. The smallest absolute Gasteiger partial charge is 0.233 e. The fraction of sp³-hybridized carbons (Fsp3) is 0.632. The molecule has 3 fully saturated rings. The summed E-state index contributed by atoms with van der Waals surface area (Å²) in [4.78, 5) is 51.2. The molecule has 144 valence electrons. The normalized spacial score (nSPS) is 25.7. The third-order valence-electron chi connectivity index (χ3n) is 5.95. The number of rotatable bonds is 4. The van der Waals surface area contributed by atoms with Crippen LogP contribution in [-0.4, -0.2) is 70.2 Å². The molecule has 1 aromatic rings. The van der Waals surface area contributed by atoms with Crippen LogP contribution in [0.1, 0.15) is 32.1 Å². The quantitative estimate of drug-likeness (QED) is 0.724. The number of likely N-dealkylation sites (tertiary alicyclic amines) is 1. The average Bonchev–Trinajstić information content (AvgIpc) is 2.97. The Bertz CT molecular complexity index is 693. The summed E-state index contributed by atoms with van der Waals surface area (Å²) >= 11 is 0. The molecule has 2 aliphatic heterocycles. The van der Waals surface area contributed by atoms with Crippen molar-refractivity contribution < 1.29 is 14.4 Å². The summed E-state index contributed by atoms with van der Waals surface area (Å²) in [5, 5.41) is 0. The zero-order valence-electron chi connectivity index (χ0n) is 15.4. The second kappa shape index (κ2) is 7.62. The molecule has 0 aromatic carbocycles. The Morgan fingerprint density at radius 1 is 0.963 bits per heavy atom. The first kappa shape index (κ1) is 17.9. The van der Waals surface area contributed by atoms with Gasteiger partial charge in [0, 0.05) is 51.5 Å². The summed E-state index contributed by atoms with van der Waals surface area (Å²) in [6.45, 7) is 2.78. The number of fused-ring (bicyclic) bond motifs is 1. The number of amides is 3. The molecular formula is C19H25N5O3. The van der Waals surface area contributed by atoms with Gasteiger partial charge >= 0.3 is 0 Å². The van der Waals surface area contributed by atoms with E-state index in [1.54, 1.807) is 23.4 Å². The predicted octanol–water partition coefficient (Wildman–Crippen LogP) is 0.690. The van der Waals surface area contributed by atoms with Gasteiger partial charge in [-0.15, -0.1) is 0 Å². The first-order valence-electron chi connectivity index (χ1n) is 9.80. The molecule has 8 heteroatoms. The van der Waals surface area contributed by atoms with Crippen LogP contribution in [-0.2, 0) is 14.4 Å². The van der Waals surface area contributed by atoms with Crippen molar-refractivity contribution >= 4 is 23.7 Å². The number of carbonyl (C=O) groups is 3. The van der Waals surface area contributed by atoms with Crippen LogP contribution in [0.5, 0.6) is 0 Å². The molecular weight excluding hydrogens is 346 g/mol. The highest BCUT2D eigenvalue weighted by Crippen LogP contribution is 2.38. The molecule has 3 heterocycles. The lowest BCUT2D eigenvalue weighted by molar-refractivity contribution is -0.140. The lowest BCUT2D eigenvalue weighted by Crippen LogP contribution is -2.50. The van der Waals surface area contributed by atoms with E-state index in [-0.39, 0.29) is 42.5 Å². The second-order valence-corrected chi connectivity index (χ2v) is 7.49. The third-order valence-corrected chi connectivity index (χ3v) is 5.95. The van der Waals surface area contributed by atoms with Crippen LogP contribution in [0.3, 0.4) is 0 Å². The van der Waals surface area contributed by atoms with E-state index in [0.29, 0.717) is 32.1 Å². The van der Waals surface area contributed by atoms with Crippen molar-refractivity contribution in [3.05, 3.63) is 18.5 Å². The average molecular weight is 371 g/mol. The van der Waals surface area contributed by atoms with Crippen LogP contribution in [0.2, 0.25) is 0 Å². The molecule has 0 radical (unpaired) electrons. The van der Waals surface area contributed by atoms with Crippen molar-refractivity contribution in [2.45, 2.75) is 32.1 Å². The molecule has 4 rings (SSSR count). The van der Waals surface area contributed by atoms with Crippen LogP contribution in [0.15, 0.2) is 18.5 Å². The van der Waals surface area contributed by atoms with E-state index < -0.39 is 0 Å². The van der Waals surface area contributed by atoms with Crippen LogP contribution in [0, 0.1) is 11.8 Å². The number of piperazine rings is 1. The van der Waals surface area contributed by atoms with Gasteiger partial charge in [-0.25, -0.2) is 9.97 Å². The zero-order valence-corrected chi connectivity index (χ0v) is 15.4. The number of nitrogens with zero attached hydrogens (tertiary/aromatic N) is 5. The zero-order chi connectivity index (χ0) is 18.8. The lowest BCUT2D eigenvalue weighted by atomic mass is 9.81. The van der Waals surface area contributed by atoms with Crippen molar-refractivity contribution in [2.75, 3.05) is 37.6 Å². The molecule has 3 amide bonds. The summed E-state index contributed by atoms with van der Waals surface area (Å²) in [5.74, 6) is 0.262. The summed E-state index contributed by atoms with van der Waals surface area (Å²) < 4.78 is 0. The van der Waals surface area contributed by atoms with E-state index in [1.807, 2.05) is 0 Å². The van der Waals surface area contributed by atoms with E-state index in [1.165, 1.54) is 4.90 Å². The van der Waals surface area contributed by atoms with Crippen LogP contribution < -0.4 is 4.90 Å². The maximum Gasteiger partial charge on any atom is 0.233 e. The van der Waals surface area contributed by atoms with Crippen LogP contribution in [0.4, 0.5) is 5.95 Å². The molecule has 0 bridgehead atoms. The number of carbonyl (C=O) groups excluding carboxylic acids is 3. The van der Waals surface area contributed by atoms with Crippen molar-refractivity contribution in [2.24, 2.45) is 11.8 Å². The molecule has 2 unspecified atom stereocenters. The van der Waals surface area contributed by atoms with Crippen LogP contribution >= 0.6 is 0 Å². The second-order valence-electron chi connectivity index (χ2n) is 7.49. The molecule has 0 N–H and O–H groups in total. The van der Waals surface area contributed by atoms with Crippen molar-refractivity contribution in [3.63, 3.8) is 0 Å². The molecule has 1 saturated carbocycles. The first-order valence-corrected chi connectivity index (χ1v) is 9.80. The monoisotopic (exact) mass is 371 g/mol. The number of hydrogen-bond donors (Lipinski definition) is 0. The Morgan fingerprint density at radius 3 is 2.15 bits per heavy atom. The van der Waals surface area contributed by atoms with Gasteiger partial charge in [0.1, 0.15) is 0 Å². The highest BCUT2D eigenvalue weighted by atomic mass is 16.2. The summed E-state index contributed by atoms with van der Waals surface area (Å²) in [6.07, 6.45) is 7.28. The fourth-order valence-electron chi connectivity index (χ4n) is 4.43. The fourth-order valence-corrected chi connectivity index (χ4v) is 4.43.